The normalized spacial score (nSPS) is 12.2. The summed E-state index contributed by atoms with van der Waals surface area (Å²) >= 11 is 0. The number of hydrogen-bond donors (Lipinski definition) is 2. The molecule has 0 radical (unpaired) electrons. The average molecular weight is 389 g/mol. The molecule has 0 aliphatic carbocycles. The number of aromatic nitrogens is 4. The molecule has 2 heterocycles. The van der Waals surface area contributed by atoms with Crippen LogP contribution in [-0.2, 0) is 17.6 Å². The van der Waals surface area contributed by atoms with E-state index in [0.29, 0.717) is 18.1 Å². The molecule has 7 heteroatoms. The van der Waals surface area contributed by atoms with Crippen molar-refractivity contribution in [3.05, 3.63) is 77.7 Å². The second-order valence-electron chi connectivity index (χ2n) is 6.94. The highest BCUT2D eigenvalue weighted by atomic mass is 16.5. The summed E-state index contributed by atoms with van der Waals surface area (Å²) in [4.78, 5) is 24.4. The lowest BCUT2D eigenvalue weighted by molar-refractivity contribution is -0.121. The zero-order valence-corrected chi connectivity index (χ0v) is 16.3. The Hall–Kier alpha value is -3.48. The van der Waals surface area contributed by atoms with E-state index in [1.165, 1.54) is 0 Å². The van der Waals surface area contributed by atoms with Gasteiger partial charge >= 0.3 is 0 Å². The van der Waals surface area contributed by atoms with Crippen LogP contribution in [0.2, 0.25) is 0 Å². The summed E-state index contributed by atoms with van der Waals surface area (Å²) in [6.45, 7) is 2.06. The van der Waals surface area contributed by atoms with E-state index in [-0.39, 0.29) is 18.4 Å². The van der Waals surface area contributed by atoms with Gasteiger partial charge in [-0.2, -0.15) is 4.98 Å². The van der Waals surface area contributed by atoms with Crippen molar-refractivity contribution >= 4 is 16.9 Å². The van der Waals surface area contributed by atoms with Gasteiger partial charge in [0.1, 0.15) is 0 Å². The monoisotopic (exact) mass is 389 g/mol. The summed E-state index contributed by atoms with van der Waals surface area (Å²) in [6, 6.07) is 15.6. The maximum Gasteiger partial charge on any atom is 0.227 e. The molecule has 2 aromatic carbocycles. The number of carbonyl (C=O) groups is 1. The third kappa shape index (κ3) is 4.51. The summed E-state index contributed by atoms with van der Waals surface area (Å²) in [5.74, 6) is 1.12. The Morgan fingerprint density at radius 1 is 1.14 bits per heavy atom. The Kier molecular flexibility index (Phi) is 5.65. The molecule has 4 aromatic rings. The van der Waals surface area contributed by atoms with Gasteiger partial charge in [0.05, 0.1) is 23.4 Å². The topological polar surface area (TPSA) is 96.7 Å². The first-order valence-electron chi connectivity index (χ1n) is 9.81. The molecule has 7 nitrogen and oxygen atoms in total. The SMILES string of the molecule is CCCc1noc(CCC(=O)NC(c2ccccc2)c2ccc3nc[nH]c3c2)n1. The maximum atomic E-state index is 12.7. The maximum absolute atomic E-state index is 12.7. The summed E-state index contributed by atoms with van der Waals surface area (Å²) in [6.07, 6.45) is 4.11. The lowest BCUT2D eigenvalue weighted by Gasteiger charge is -2.20. The molecule has 148 valence electrons. The number of nitrogens with one attached hydrogen (secondary N) is 2. The average Bonchev–Trinajstić information content (AvgIpc) is 3.40. The molecule has 2 N–H and O–H groups in total. The van der Waals surface area contributed by atoms with Gasteiger partial charge in [-0.05, 0) is 29.7 Å². The number of hydrogen-bond acceptors (Lipinski definition) is 5. The minimum atomic E-state index is -0.255. The number of H-pyrrole nitrogens is 1. The molecule has 1 atom stereocenters. The molecule has 0 aliphatic heterocycles. The number of aromatic amines is 1. The number of imidazole rings is 1. The highest BCUT2D eigenvalue weighted by Gasteiger charge is 2.18. The van der Waals surface area contributed by atoms with Crippen LogP contribution in [0.15, 0.2) is 59.4 Å². The first kappa shape index (κ1) is 18.9. The third-order valence-electron chi connectivity index (χ3n) is 4.77. The number of amides is 1. The zero-order chi connectivity index (χ0) is 20.1. The van der Waals surface area contributed by atoms with Crippen LogP contribution in [0.4, 0.5) is 0 Å². The second kappa shape index (κ2) is 8.68. The van der Waals surface area contributed by atoms with Crippen molar-refractivity contribution in [1.82, 2.24) is 25.4 Å². The Balaban J connectivity index is 1.49. The fraction of sp³-hybridized carbons (Fsp3) is 0.273. The fourth-order valence-corrected chi connectivity index (χ4v) is 3.31. The van der Waals surface area contributed by atoms with Gasteiger partial charge in [-0.3, -0.25) is 4.79 Å². The van der Waals surface area contributed by atoms with Crippen molar-refractivity contribution in [1.29, 1.82) is 0 Å². The Labute approximate surface area is 168 Å². The third-order valence-corrected chi connectivity index (χ3v) is 4.77. The van der Waals surface area contributed by atoms with Gasteiger partial charge < -0.3 is 14.8 Å². The molecule has 1 unspecified atom stereocenters. The molecule has 1 amide bonds. The van der Waals surface area contributed by atoms with Crippen molar-refractivity contribution in [2.45, 2.75) is 38.6 Å². The predicted molar refractivity (Wildman–Crippen MR) is 109 cm³/mol. The van der Waals surface area contributed by atoms with Crippen molar-refractivity contribution in [3.63, 3.8) is 0 Å². The highest BCUT2D eigenvalue weighted by molar-refractivity contribution is 5.78. The van der Waals surface area contributed by atoms with E-state index in [4.69, 9.17) is 4.52 Å². The van der Waals surface area contributed by atoms with E-state index >= 15 is 0 Å². The van der Waals surface area contributed by atoms with E-state index in [2.05, 4.69) is 32.3 Å². The van der Waals surface area contributed by atoms with Crippen LogP contribution in [0.3, 0.4) is 0 Å². The number of nitrogens with zero attached hydrogens (tertiary/aromatic N) is 3. The van der Waals surface area contributed by atoms with Gasteiger partial charge in [-0.25, -0.2) is 4.98 Å². The first-order chi connectivity index (χ1) is 14.2. The Morgan fingerprint density at radius 2 is 2.00 bits per heavy atom. The molecule has 0 fully saturated rings. The molecule has 0 saturated carbocycles. The number of fused-ring (bicyclic) bond motifs is 1. The summed E-state index contributed by atoms with van der Waals surface area (Å²) < 4.78 is 5.23. The molecule has 2 aromatic heterocycles. The van der Waals surface area contributed by atoms with Crippen LogP contribution in [0.25, 0.3) is 11.0 Å². The smallest absolute Gasteiger partial charge is 0.227 e. The Bertz CT molecular complexity index is 1090. The molecule has 29 heavy (non-hydrogen) atoms. The first-order valence-corrected chi connectivity index (χ1v) is 9.81. The summed E-state index contributed by atoms with van der Waals surface area (Å²) in [5.41, 5.74) is 3.84. The van der Waals surface area contributed by atoms with Crippen LogP contribution in [0.5, 0.6) is 0 Å². The molecular formula is C22H23N5O2. The molecule has 0 bridgehead atoms. The minimum absolute atomic E-state index is 0.0706. The largest absolute Gasteiger partial charge is 0.345 e. The zero-order valence-electron chi connectivity index (χ0n) is 16.3. The van der Waals surface area contributed by atoms with Crippen molar-refractivity contribution in [2.75, 3.05) is 0 Å². The summed E-state index contributed by atoms with van der Waals surface area (Å²) in [7, 11) is 0. The quantitative estimate of drug-likeness (QED) is 0.478. The van der Waals surface area contributed by atoms with Gasteiger partial charge in [0, 0.05) is 19.3 Å². The van der Waals surface area contributed by atoms with Crippen LogP contribution in [0.1, 0.15) is 48.6 Å². The molecule has 0 spiro atoms. The van der Waals surface area contributed by atoms with Crippen LogP contribution >= 0.6 is 0 Å². The van der Waals surface area contributed by atoms with Gasteiger partial charge in [0.25, 0.3) is 0 Å². The van der Waals surface area contributed by atoms with E-state index < -0.39 is 0 Å². The standard InChI is InChI=1S/C22H23N5O2/c1-2-6-19-25-21(29-27-19)12-11-20(28)26-22(15-7-4-3-5-8-15)16-9-10-17-18(13-16)24-14-23-17/h3-5,7-10,13-14,22H,2,6,11-12H2,1H3,(H,23,24)(H,26,28). The fourth-order valence-electron chi connectivity index (χ4n) is 3.31. The number of rotatable bonds is 8. The van der Waals surface area contributed by atoms with Crippen molar-refractivity contribution in [3.8, 4) is 0 Å². The Morgan fingerprint density at radius 3 is 2.83 bits per heavy atom. The highest BCUT2D eigenvalue weighted by Crippen LogP contribution is 2.24. The van der Waals surface area contributed by atoms with Gasteiger partial charge in [-0.1, -0.05) is 48.5 Å². The molecule has 4 rings (SSSR count). The van der Waals surface area contributed by atoms with E-state index in [1.54, 1.807) is 6.33 Å². The molecular weight excluding hydrogens is 366 g/mol. The summed E-state index contributed by atoms with van der Waals surface area (Å²) in [5, 5.41) is 7.08. The molecule has 0 saturated heterocycles. The van der Waals surface area contributed by atoms with Gasteiger partial charge in [0.15, 0.2) is 5.82 Å². The number of benzene rings is 2. The molecule has 0 aliphatic rings. The van der Waals surface area contributed by atoms with E-state index in [9.17, 15) is 4.79 Å². The van der Waals surface area contributed by atoms with Crippen molar-refractivity contribution in [2.24, 2.45) is 0 Å². The van der Waals surface area contributed by atoms with Crippen molar-refractivity contribution < 1.29 is 9.32 Å². The van der Waals surface area contributed by atoms with E-state index in [1.807, 2.05) is 48.5 Å². The van der Waals surface area contributed by atoms with Gasteiger partial charge in [0.2, 0.25) is 11.8 Å². The minimum Gasteiger partial charge on any atom is -0.345 e. The lowest BCUT2D eigenvalue weighted by Crippen LogP contribution is -2.29. The second-order valence-corrected chi connectivity index (χ2v) is 6.94. The van der Waals surface area contributed by atoms with Crippen LogP contribution in [-0.4, -0.2) is 26.0 Å². The van der Waals surface area contributed by atoms with Crippen LogP contribution in [0, 0.1) is 0 Å². The predicted octanol–water partition coefficient (Wildman–Crippen LogP) is 3.74. The van der Waals surface area contributed by atoms with Gasteiger partial charge in [-0.15, -0.1) is 0 Å². The number of carbonyl (C=O) groups excluding carboxylic acids is 1. The number of aryl methyl sites for hydroxylation is 2. The van der Waals surface area contributed by atoms with E-state index in [0.717, 1.165) is 35.0 Å². The van der Waals surface area contributed by atoms with Crippen LogP contribution < -0.4 is 5.32 Å². The lowest BCUT2D eigenvalue weighted by atomic mass is 9.98.